The van der Waals surface area contributed by atoms with E-state index in [1.807, 2.05) is 0 Å². The number of carbonyl (C=O) groups excluding carboxylic acids is 1. The number of benzene rings is 2. The van der Waals surface area contributed by atoms with Crippen LogP contribution in [0.5, 0.6) is 0 Å². The number of halogens is 4. The number of para-hydroxylation sites is 1. The highest BCUT2D eigenvalue weighted by Crippen LogP contribution is 2.37. The summed E-state index contributed by atoms with van der Waals surface area (Å²) < 4.78 is 52.4. The van der Waals surface area contributed by atoms with Crippen LogP contribution in [0.1, 0.15) is 11.1 Å². The molecule has 1 heterocycles. The second-order valence-corrected chi connectivity index (χ2v) is 6.77. The van der Waals surface area contributed by atoms with Gasteiger partial charge in [0.2, 0.25) is 0 Å². The maximum atomic E-state index is 13.9. The minimum Gasteiger partial charge on any atom is -0.268 e. The molecule has 0 aromatic heterocycles. The molecule has 8 heteroatoms. The van der Waals surface area contributed by atoms with Crippen molar-refractivity contribution in [2.75, 3.05) is 4.90 Å². The molecule has 2 nitrogen and oxygen atoms in total. The Morgan fingerprint density at radius 3 is 2.48 bits per heavy atom. The molecule has 0 unspecified atom stereocenters. The molecule has 0 radical (unpaired) electrons. The minimum absolute atomic E-state index is 0.0115. The average molecular weight is 383 g/mol. The number of hydrogen-bond donors (Lipinski definition) is 0. The Kier molecular flexibility index (Phi) is 4.66. The topological polar surface area (TPSA) is 20.3 Å². The summed E-state index contributed by atoms with van der Waals surface area (Å²) in [6, 6.07) is 10.2. The van der Waals surface area contributed by atoms with E-state index in [4.69, 9.17) is 12.2 Å². The first-order valence-electron chi connectivity index (χ1n) is 6.97. The maximum absolute atomic E-state index is 13.9. The molecule has 1 amide bonds. The van der Waals surface area contributed by atoms with Gasteiger partial charge in [-0.2, -0.15) is 13.2 Å². The van der Waals surface area contributed by atoms with Gasteiger partial charge in [0.05, 0.1) is 16.2 Å². The molecular weight excluding hydrogens is 374 g/mol. The monoisotopic (exact) mass is 383 g/mol. The lowest BCUT2D eigenvalue weighted by Gasteiger charge is -2.14. The third kappa shape index (κ3) is 3.59. The average Bonchev–Trinajstić information content (AvgIpc) is 2.82. The summed E-state index contributed by atoms with van der Waals surface area (Å²) in [6.07, 6.45) is -3.16. The van der Waals surface area contributed by atoms with Crippen LogP contribution in [0.4, 0.5) is 23.2 Å². The number of nitrogens with zero attached hydrogens (tertiary/aromatic N) is 1. The molecule has 0 aliphatic carbocycles. The van der Waals surface area contributed by atoms with Crippen molar-refractivity contribution in [3.63, 3.8) is 0 Å². The van der Waals surface area contributed by atoms with Gasteiger partial charge in [-0.05, 0) is 35.9 Å². The lowest BCUT2D eigenvalue weighted by Crippen LogP contribution is -2.28. The van der Waals surface area contributed by atoms with Gasteiger partial charge in [-0.25, -0.2) is 4.39 Å². The van der Waals surface area contributed by atoms with Crippen LogP contribution >= 0.6 is 24.0 Å². The number of anilines is 1. The largest absolute Gasteiger partial charge is 0.416 e. The fourth-order valence-electron chi connectivity index (χ4n) is 2.26. The number of carbonyl (C=O) groups is 1. The highest BCUT2D eigenvalue weighted by molar-refractivity contribution is 8.27. The van der Waals surface area contributed by atoms with Gasteiger partial charge in [-0.3, -0.25) is 9.69 Å². The third-order valence-corrected chi connectivity index (χ3v) is 4.70. The Morgan fingerprint density at radius 2 is 1.80 bits per heavy atom. The van der Waals surface area contributed by atoms with Gasteiger partial charge in [-0.15, -0.1) is 0 Å². The lowest BCUT2D eigenvalue weighted by atomic mass is 10.1. The maximum Gasteiger partial charge on any atom is 0.416 e. The molecule has 0 spiro atoms. The number of thiocarbonyl (C=S) groups is 1. The molecule has 3 rings (SSSR count). The molecule has 0 N–H and O–H groups in total. The summed E-state index contributed by atoms with van der Waals surface area (Å²) >= 11 is 6.03. The molecule has 1 aliphatic heterocycles. The number of thioether (sulfide) groups is 1. The van der Waals surface area contributed by atoms with Crippen LogP contribution in [0.2, 0.25) is 0 Å². The van der Waals surface area contributed by atoms with Crippen molar-refractivity contribution in [1.82, 2.24) is 0 Å². The van der Waals surface area contributed by atoms with E-state index < -0.39 is 23.5 Å². The molecule has 0 bridgehead atoms. The molecule has 1 fully saturated rings. The second kappa shape index (κ2) is 6.61. The van der Waals surface area contributed by atoms with Crippen molar-refractivity contribution in [2.24, 2.45) is 0 Å². The number of hydrogen-bond acceptors (Lipinski definition) is 3. The normalized spacial score (nSPS) is 16.8. The summed E-state index contributed by atoms with van der Waals surface area (Å²) in [5.74, 6) is -1.18. The highest BCUT2D eigenvalue weighted by atomic mass is 32.2. The predicted octanol–water partition coefficient (Wildman–Crippen LogP) is 5.25. The van der Waals surface area contributed by atoms with Gasteiger partial charge in [0.1, 0.15) is 5.82 Å². The molecular formula is C17H9F4NOS2. The minimum atomic E-state index is -4.48. The Bertz CT molecular complexity index is 892. The van der Waals surface area contributed by atoms with E-state index in [1.54, 1.807) is 6.07 Å². The second-order valence-electron chi connectivity index (χ2n) is 5.09. The van der Waals surface area contributed by atoms with E-state index in [-0.39, 0.29) is 20.5 Å². The van der Waals surface area contributed by atoms with Crippen LogP contribution in [0, 0.1) is 5.82 Å². The van der Waals surface area contributed by atoms with Gasteiger partial charge in [0.15, 0.2) is 4.32 Å². The zero-order valence-electron chi connectivity index (χ0n) is 12.4. The van der Waals surface area contributed by atoms with Crippen LogP contribution in [0.3, 0.4) is 0 Å². The smallest absolute Gasteiger partial charge is 0.268 e. The Hall–Kier alpha value is -2.19. The van der Waals surface area contributed by atoms with Crippen molar-refractivity contribution < 1.29 is 22.4 Å². The van der Waals surface area contributed by atoms with Crippen molar-refractivity contribution in [3.05, 3.63) is 70.4 Å². The number of alkyl halides is 3. The van der Waals surface area contributed by atoms with E-state index in [1.165, 1.54) is 36.4 Å². The van der Waals surface area contributed by atoms with Gasteiger partial charge < -0.3 is 0 Å². The van der Waals surface area contributed by atoms with E-state index in [2.05, 4.69) is 0 Å². The fraction of sp³-hybridized carbons (Fsp3) is 0.0588. The first kappa shape index (κ1) is 17.6. The molecule has 0 saturated carbocycles. The lowest BCUT2D eigenvalue weighted by molar-refractivity contribution is -0.137. The van der Waals surface area contributed by atoms with E-state index in [0.29, 0.717) is 0 Å². The summed E-state index contributed by atoms with van der Waals surface area (Å²) in [5.41, 5.74) is -0.591. The highest BCUT2D eigenvalue weighted by Gasteiger charge is 2.35. The van der Waals surface area contributed by atoms with Crippen LogP contribution in [0.15, 0.2) is 53.4 Å². The molecule has 1 saturated heterocycles. The first-order chi connectivity index (χ1) is 11.8. The molecule has 2 aromatic carbocycles. The quantitative estimate of drug-likeness (QED) is 0.401. The fourth-order valence-corrected chi connectivity index (χ4v) is 3.55. The Morgan fingerprint density at radius 1 is 1.08 bits per heavy atom. The first-order valence-corrected chi connectivity index (χ1v) is 8.19. The molecule has 1 aliphatic rings. The SMILES string of the molecule is O=C1/C(=C/c2cccc(C(F)(F)F)c2)SC(=S)N1c1ccccc1F. The van der Waals surface area contributed by atoms with Crippen molar-refractivity contribution in [3.8, 4) is 0 Å². The van der Waals surface area contributed by atoms with Crippen LogP contribution in [0.25, 0.3) is 6.08 Å². The van der Waals surface area contributed by atoms with Gasteiger partial charge in [0.25, 0.3) is 5.91 Å². The predicted molar refractivity (Wildman–Crippen MR) is 93.5 cm³/mol. The Balaban J connectivity index is 1.95. The standard InChI is InChI=1S/C17H9F4NOS2/c18-12-6-1-2-7-13(12)22-15(23)14(25-16(22)24)9-10-4-3-5-11(8-10)17(19,20)21/h1-9H/b14-9-. The van der Waals surface area contributed by atoms with E-state index >= 15 is 0 Å². The molecule has 25 heavy (non-hydrogen) atoms. The molecule has 128 valence electrons. The van der Waals surface area contributed by atoms with Crippen molar-refractivity contribution in [1.29, 1.82) is 0 Å². The molecule has 2 aromatic rings. The van der Waals surface area contributed by atoms with E-state index in [0.717, 1.165) is 28.8 Å². The number of amides is 1. The van der Waals surface area contributed by atoms with Crippen LogP contribution in [-0.4, -0.2) is 10.2 Å². The molecule has 0 atom stereocenters. The van der Waals surface area contributed by atoms with Gasteiger partial charge in [0, 0.05) is 0 Å². The van der Waals surface area contributed by atoms with Gasteiger partial charge in [-0.1, -0.05) is 48.2 Å². The van der Waals surface area contributed by atoms with Crippen LogP contribution < -0.4 is 4.90 Å². The van der Waals surface area contributed by atoms with Crippen molar-refractivity contribution >= 4 is 46.0 Å². The Labute approximate surface area is 150 Å². The van der Waals surface area contributed by atoms with E-state index in [9.17, 15) is 22.4 Å². The zero-order valence-corrected chi connectivity index (χ0v) is 14.0. The summed E-state index contributed by atoms with van der Waals surface area (Å²) in [6.45, 7) is 0. The van der Waals surface area contributed by atoms with Crippen LogP contribution in [-0.2, 0) is 11.0 Å². The third-order valence-electron chi connectivity index (χ3n) is 3.40. The van der Waals surface area contributed by atoms with Gasteiger partial charge >= 0.3 is 6.18 Å². The zero-order chi connectivity index (χ0) is 18.2. The summed E-state index contributed by atoms with van der Waals surface area (Å²) in [5, 5.41) is 0. The summed E-state index contributed by atoms with van der Waals surface area (Å²) in [7, 11) is 0. The van der Waals surface area contributed by atoms with Crippen molar-refractivity contribution in [2.45, 2.75) is 6.18 Å². The summed E-state index contributed by atoms with van der Waals surface area (Å²) in [4.78, 5) is 13.7. The number of rotatable bonds is 2.